The molecule has 3 N–H and O–H groups in total. The van der Waals surface area contributed by atoms with Crippen LogP contribution in [0.3, 0.4) is 0 Å². The van der Waals surface area contributed by atoms with Gasteiger partial charge in [0.15, 0.2) is 0 Å². The second kappa shape index (κ2) is 6.31. The average Bonchev–Trinajstić information content (AvgIpc) is 2.42. The summed E-state index contributed by atoms with van der Waals surface area (Å²) >= 11 is 3.47. The molecule has 0 aliphatic heterocycles. The zero-order valence-electron chi connectivity index (χ0n) is 12.4. The SMILES string of the molecule is Cc1ccc(C(C)C)cc1Oc1ccc(C(=N)N)cc1Br. The van der Waals surface area contributed by atoms with E-state index < -0.39 is 0 Å². The molecule has 0 saturated heterocycles. The van der Waals surface area contributed by atoms with Gasteiger partial charge in [-0.1, -0.05) is 26.0 Å². The lowest BCUT2D eigenvalue weighted by Gasteiger charge is -2.14. The van der Waals surface area contributed by atoms with Crippen molar-refractivity contribution >= 4 is 21.8 Å². The second-order valence-electron chi connectivity index (χ2n) is 5.34. The van der Waals surface area contributed by atoms with Crippen molar-refractivity contribution in [1.82, 2.24) is 0 Å². The van der Waals surface area contributed by atoms with Gasteiger partial charge in [0.2, 0.25) is 0 Å². The Morgan fingerprint density at radius 1 is 1.14 bits per heavy atom. The molecular weight excluding hydrogens is 328 g/mol. The first-order chi connectivity index (χ1) is 9.88. The molecule has 0 heterocycles. The molecule has 21 heavy (non-hydrogen) atoms. The van der Waals surface area contributed by atoms with Crippen LogP contribution in [0.1, 0.15) is 36.5 Å². The van der Waals surface area contributed by atoms with E-state index in [4.69, 9.17) is 15.9 Å². The van der Waals surface area contributed by atoms with Gasteiger partial charge < -0.3 is 10.5 Å². The molecule has 4 heteroatoms. The number of hydrogen-bond donors (Lipinski definition) is 2. The van der Waals surface area contributed by atoms with Crippen LogP contribution in [0.25, 0.3) is 0 Å². The van der Waals surface area contributed by atoms with Crippen LogP contribution in [0.2, 0.25) is 0 Å². The van der Waals surface area contributed by atoms with Crippen LogP contribution in [0.5, 0.6) is 11.5 Å². The summed E-state index contributed by atoms with van der Waals surface area (Å²) < 4.78 is 6.79. The maximum Gasteiger partial charge on any atom is 0.141 e. The van der Waals surface area contributed by atoms with Crippen molar-refractivity contribution in [3.05, 3.63) is 57.6 Å². The molecule has 0 bridgehead atoms. The van der Waals surface area contributed by atoms with Crippen LogP contribution in [-0.2, 0) is 0 Å². The molecule has 0 unspecified atom stereocenters. The van der Waals surface area contributed by atoms with Crippen molar-refractivity contribution in [2.45, 2.75) is 26.7 Å². The van der Waals surface area contributed by atoms with Crippen LogP contribution in [-0.4, -0.2) is 5.84 Å². The quantitative estimate of drug-likeness (QED) is 0.607. The zero-order chi connectivity index (χ0) is 15.6. The number of nitrogen functional groups attached to an aromatic ring is 1. The van der Waals surface area contributed by atoms with Crippen molar-refractivity contribution in [3.63, 3.8) is 0 Å². The number of benzene rings is 2. The van der Waals surface area contributed by atoms with E-state index in [0.717, 1.165) is 15.8 Å². The Bertz CT molecular complexity index is 680. The number of hydrogen-bond acceptors (Lipinski definition) is 2. The fourth-order valence-corrected chi connectivity index (χ4v) is 2.42. The molecule has 0 fully saturated rings. The van der Waals surface area contributed by atoms with E-state index in [1.165, 1.54) is 5.56 Å². The van der Waals surface area contributed by atoms with Crippen LogP contribution >= 0.6 is 15.9 Å². The van der Waals surface area contributed by atoms with Gasteiger partial charge in [-0.05, 0) is 64.2 Å². The van der Waals surface area contributed by atoms with E-state index in [9.17, 15) is 0 Å². The Balaban J connectivity index is 2.34. The van der Waals surface area contributed by atoms with E-state index in [2.05, 4.69) is 48.0 Å². The van der Waals surface area contributed by atoms with Crippen molar-refractivity contribution in [1.29, 1.82) is 5.41 Å². The van der Waals surface area contributed by atoms with Crippen molar-refractivity contribution in [2.24, 2.45) is 5.73 Å². The summed E-state index contributed by atoms with van der Waals surface area (Å²) in [5.41, 5.74) is 8.48. The largest absolute Gasteiger partial charge is 0.456 e. The third-order valence-corrected chi connectivity index (χ3v) is 3.96. The number of nitrogens with one attached hydrogen (secondary N) is 1. The first-order valence-electron chi connectivity index (χ1n) is 6.81. The highest BCUT2D eigenvalue weighted by Gasteiger charge is 2.09. The average molecular weight is 347 g/mol. The van der Waals surface area contributed by atoms with Gasteiger partial charge >= 0.3 is 0 Å². The maximum absolute atomic E-state index is 7.45. The molecule has 110 valence electrons. The Kier molecular flexibility index (Phi) is 4.68. The highest BCUT2D eigenvalue weighted by atomic mass is 79.9. The summed E-state index contributed by atoms with van der Waals surface area (Å²) in [5.74, 6) is 2.05. The minimum atomic E-state index is 0.0419. The molecule has 0 radical (unpaired) electrons. The number of rotatable bonds is 4. The van der Waals surface area contributed by atoms with Gasteiger partial charge in [0, 0.05) is 5.56 Å². The van der Waals surface area contributed by atoms with Gasteiger partial charge in [-0.25, -0.2) is 0 Å². The third-order valence-electron chi connectivity index (χ3n) is 3.34. The molecule has 2 rings (SSSR count). The van der Waals surface area contributed by atoms with E-state index in [1.807, 2.05) is 13.0 Å². The van der Waals surface area contributed by atoms with Gasteiger partial charge in [-0.15, -0.1) is 0 Å². The highest BCUT2D eigenvalue weighted by molar-refractivity contribution is 9.10. The molecule has 0 spiro atoms. The summed E-state index contributed by atoms with van der Waals surface area (Å²) in [6, 6.07) is 11.7. The number of amidine groups is 1. The smallest absolute Gasteiger partial charge is 0.141 e. The first kappa shape index (κ1) is 15.6. The van der Waals surface area contributed by atoms with Crippen molar-refractivity contribution in [2.75, 3.05) is 0 Å². The molecule has 2 aromatic rings. The van der Waals surface area contributed by atoms with Gasteiger partial charge in [0.05, 0.1) is 4.47 Å². The summed E-state index contributed by atoms with van der Waals surface area (Å²) in [6.07, 6.45) is 0. The van der Waals surface area contributed by atoms with Crippen molar-refractivity contribution in [3.8, 4) is 11.5 Å². The summed E-state index contributed by atoms with van der Waals surface area (Å²) in [7, 11) is 0. The number of halogens is 1. The third kappa shape index (κ3) is 3.64. The van der Waals surface area contributed by atoms with E-state index in [-0.39, 0.29) is 5.84 Å². The predicted octanol–water partition coefficient (Wildman–Crippen LogP) is 4.96. The molecule has 0 aliphatic carbocycles. The van der Waals surface area contributed by atoms with E-state index >= 15 is 0 Å². The van der Waals surface area contributed by atoms with Crippen LogP contribution in [0.4, 0.5) is 0 Å². The number of aryl methyl sites for hydroxylation is 1. The normalized spacial score (nSPS) is 10.7. The fourth-order valence-electron chi connectivity index (χ4n) is 1.96. The van der Waals surface area contributed by atoms with Gasteiger partial charge in [-0.2, -0.15) is 0 Å². The minimum absolute atomic E-state index is 0.0419. The lowest BCUT2D eigenvalue weighted by molar-refractivity contribution is 0.475. The van der Waals surface area contributed by atoms with Gasteiger partial charge in [0.25, 0.3) is 0 Å². The summed E-state index contributed by atoms with van der Waals surface area (Å²) in [4.78, 5) is 0. The molecular formula is C17H19BrN2O. The second-order valence-corrected chi connectivity index (χ2v) is 6.19. The Morgan fingerprint density at radius 2 is 1.86 bits per heavy atom. The zero-order valence-corrected chi connectivity index (χ0v) is 14.0. The van der Waals surface area contributed by atoms with Crippen LogP contribution < -0.4 is 10.5 Å². The van der Waals surface area contributed by atoms with Gasteiger partial charge in [0.1, 0.15) is 17.3 Å². The molecule has 0 saturated carbocycles. The summed E-state index contributed by atoms with van der Waals surface area (Å²) in [6.45, 7) is 6.34. The van der Waals surface area contributed by atoms with Crippen LogP contribution in [0.15, 0.2) is 40.9 Å². The Hall–Kier alpha value is -1.81. The Labute approximate surface area is 133 Å². The predicted molar refractivity (Wildman–Crippen MR) is 90.5 cm³/mol. The molecule has 2 aromatic carbocycles. The van der Waals surface area contributed by atoms with Gasteiger partial charge in [-0.3, -0.25) is 5.41 Å². The van der Waals surface area contributed by atoms with E-state index in [1.54, 1.807) is 12.1 Å². The monoisotopic (exact) mass is 346 g/mol. The molecule has 0 aliphatic rings. The highest BCUT2D eigenvalue weighted by Crippen LogP contribution is 2.33. The number of nitrogens with two attached hydrogens (primary N) is 1. The fraction of sp³-hybridized carbons (Fsp3) is 0.235. The lowest BCUT2D eigenvalue weighted by Crippen LogP contribution is -2.10. The Morgan fingerprint density at radius 3 is 2.43 bits per heavy atom. The molecule has 3 nitrogen and oxygen atoms in total. The molecule has 0 atom stereocenters. The first-order valence-corrected chi connectivity index (χ1v) is 7.60. The lowest BCUT2D eigenvalue weighted by atomic mass is 10.0. The number of ether oxygens (including phenoxy) is 1. The minimum Gasteiger partial charge on any atom is -0.456 e. The molecule has 0 amide bonds. The maximum atomic E-state index is 7.45. The van der Waals surface area contributed by atoms with Crippen molar-refractivity contribution < 1.29 is 4.74 Å². The summed E-state index contributed by atoms with van der Waals surface area (Å²) in [5, 5.41) is 7.45. The van der Waals surface area contributed by atoms with E-state index in [0.29, 0.717) is 17.2 Å². The van der Waals surface area contributed by atoms with Crippen LogP contribution in [0, 0.1) is 12.3 Å². The molecule has 0 aromatic heterocycles. The topological polar surface area (TPSA) is 59.1 Å². The standard InChI is InChI=1S/C17H19BrN2O/c1-10(2)12-5-4-11(3)16(9-12)21-15-7-6-13(17(19)20)8-14(15)18/h4-10H,1-3H3,(H3,19,20).